The van der Waals surface area contributed by atoms with Crippen LogP contribution in [0.5, 0.6) is 0 Å². The third-order valence-corrected chi connectivity index (χ3v) is 6.84. The Bertz CT molecular complexity index is 1410. The number of aliphatic carboxylic acids is 2. The zero-order chi connectivity index (χ0) is 26.5. The van der Waals surface area contributed by atoms with Crippen molar-refractivity contribution in [3.8, 4) is 0 Å². The van der Waals surface area contributed by atoms with E-state index in [0.29, 0.717) is 0 Å². The SMILES string of the molecule is O=C(O)Cc1ccc2cn(C3CCCCO3)nc2c1.O=C(O)Cc1ccc2cnn(C3CCCCO3)c2c1. The molecule has 10 nitrogen and oxygen atoms in total. The average Bonchev–Trinajstić information content (AvgIpc) is 3.53. The molecule has 2 unspecified atom stereocenters. The number of rotatable bonds is 6. The Morgan fingerprint density at radius 2 is 1.47 bits per heavy atom. The first-order valence-corrected chi connectivity index (χ1v) is 13.1. The van der Waals surface area contributed by atoms with E-state index in [-0.39, 0.29) is 25.3 Å². The predicted octanol–water partition coefficient (Wildman–Crippen LogP) is 4.73. The van der Waals surface area contributed by atoms with Gasteiger partial charge in [-0.1, -0.05) is 24.3 Å². The van der Waals surface area contributed by atoms with E-state index in [1.165, 1.54) is 0 Å². The minimum absolute atomic E-state index is 0.0177. The number of hydrogen-bond acceptors (Lipinski definition) is 6. The Morgan fingerprint density at radius 3 is 2.11 bits per heavy atom. The molecule has 10 heteroatoms. The summed E-state index contributed by atoms with van der Waals surface area (Å²) in [6.45, 7) is 1.55. The van der Waals surface area contributed by atoms with Crippen molar-refractivity contribution in [3.63, 3.8) is 0 Å². The Kier molecular flexibility index (Phi) is 8.00. The van der Waals surface area contributed by atoms with E-state index in [1.54, 1.807) is 6.20 Å². The quantitative estimate of drug-likeness (QED) is 0.374. The van der Waals surface area contributed by atoms with Gasteiger partial charge in [0.05, 0.1) is 30.1 Å². The Morgan fingerprint density at radius 1 is 0.842 bits per heavy atom. The van der Waals surface area contributed by atoms with Crippen LogP contribution in [-0.4, -0.2) is 54.9 Å². The second-order valence-electron chi connectivity index (χ2n) is 9.77. The van der Waals surface area contributed by atoms with E-state index < -0.39 is 11.9 Å². The normalized spacial score (nSPS) is 19.7. The highest BCUT2D eigenvalue weighted by atomic mass is 16.5. The highest BCUT2D eigenvalue weighted by molar-refractivity contribution is 5.81. The maximum Gasteiger partial charge on any atom is 0.307 e. The van der Waals surface area contributed by atoms with Crippen molar-refractivity contribution in [2.75, 3.05) is 13.2 Å². The molecule has 0 saturated carbocycles. The van der Waals surface area contributed by atoms with Gasteiger partial charge in [0.25, 0.3) is 0 Å². The van der Waals surface area contributed by atoms with E-state index in [2.05, 4.69) is 10.2 Å². The van der Waals surface area contributed by atoms with Crippen molar-refractivity contribution in [1.29, 1.82) is 0 Å². The van der Waals surface area contributed by atoms with Gasteiger partial charge in [-0.3, -0.25) is 9.59 Å². The van der Waals surface area contributed by atoms with Gasteiger partial charge in [0, 0.05) is 30.2 Å². The van der Waals surface area contributed by atoms with Gasteiger partial charge in [0.15, 0.2) is 6.23 Å². The maximum atomic E-state index is 10.8. The fourth-order valence-electron chi connectivity index (χ4n) is 4.96. The van der Waals surface area contributed by atoms with Crippen molar-refractivity contribution in [3.05, 3.63) is 59.9 Å². The Labute approximate surface area is 219 Å². The van der Waals surface area contributed by atoms with Crippen molar-refractivity contribution in [1.82, 2.24) is 19.6 Å². The molecule has 6 rings (SSSR count). The molecule has 0 bridgehead atoms. The monoisotopic (exact) mass is 520 g/mol. The lowest BCUT2D eigenvalue weighted by molar-refractivity contribution is -0.137. The van der Waals surface area contributed by atoms with Crippen LogP contribution in [0.1, 0.15) is 62.1 Å². The second-order valence-corrected chi connectivity index (χ2v) is 9.77. The molecule has 0 amide bonds. The summed E-state index contributed by atoms with van der Waals surface area (Å²) in [5.74, 6) is -1.64. The molecule has 2 fully saturated rings. The molecule has 38 heavy (non-hydrogen) atoms. The summed E-state index contributed by atoms with van der Waals surface area (Å²) in [4.78, 5) is 21.5. The van der Waals surface area contributed by atoms with Crippen LogP contribution in [0.15, 0.2) is 48.8 Å². The van der Waals surface area contributed by atoms with Crippen LogP contribution in [0.3, 0.4) is 0 Å². The first-order valence-electron chi connectivity index (χ1n) is 13.1. The van der Waals surface area contributed by atoms with E-state index in [0.717, 1.165) is 84.7 Å². The summed E-state index contributed by atoms with van der Waals surface area (Å²) in [6.07, 6.45) is 10.3. The number of ether oxygens (including phenoxy) is 2. The van der Waals surface area contributed by atoms with E-state index in [4.69, 9.17) is 19.7 Å². The van der Waals surface area contributed by atoms with E-state index >= 15 is 0 Å². The largest absolute Gasteiger partial charge is 0.481 e. The van der Waals surface area contributed by atoms with Crippen LogP contribution in [-0.2, 0) is 31.9 Å². The summed E-state index contributed by atoms with van der Waals surface area (Å²) < 4.78 is 15.2. The third-order valence-electron chi connectivity index (χ3n) is 6.84. The molecule has 200 valence electrons. The molecule has 0 radical (unpaired) electrons. The molecule has 2 aliphatic rings. The first kappa shape index (κ1) is 25.9. The summed E-state index contributed by atoms with van der Waals surface area (Å²) in [7, 11) is 0. The lowest BCUT2D eigenvalue weighted by atomic mass is 10.1. The topological polar surface area (TPSA) is 129 Å². The minimum atomic E-state index is -0.825. The fraction of sp³-hybridized carbons (Fsp3) is 0.429. The highest BCUT2D eigenvalue weighted by Crippen LogP contribution is 2.27. The zero-order valence-corrected chi connectivity index (χ0v) is 21.2. The molecule has 2 atom stereocenters. The maximum absolute atomic E-state index is 10.8. The number of carboxylic acid groups (broad SMARTS) is 2. The van der Waals surface area contributed by atoms with Crippen molar-refractivity contribution in [2.45, 2.75) is 63.8 Å². The van der Waals surface area contributed by atoms with E-state index in [9.17, 15) is 9.59 Å². The van der Waals surface area contributed by atoms with Crippen LogP contribution in [0.25, 0.3) is 21.8 Å². The lowest BCUT2D eigenvalue weighted by Gasteiger charge is -2.23. The predicted molar refractivity (Wildman–Crippen MR) is 140 cm³/mol. The fourth-order valence-corrected chi connectivity index (χ4v) is 4.96. The van der Waals surface area contributed by atoms with Crippen molar-refractivity contribution < 1.29 is 29.3 Å². The number of fused-ring (bicyclic) bond motifs is 2. The van der Waals surface area contributed by atoms with Gasteiger partial charge in [-0.25, -0.2) is 9.36 Å². The number of hydrogen-bond donors (Lipinski definition) is 2. The number of nitrogens with zero attached hydrogens (tertiary/aromatic N) is 4. The molecular weight excluding hydrogens is 488 g/mol. The van der Waals surface area contributed by atoms with Gasteiger partial charge in [-0.2, -0.15) is 10.2 Å². The van der Waals surface area contributed by atoms with Crippen LogP contribution in [0.2, 0.25) is 0 Å². The van der Waals surface area contributed by atoms with Gasteiger partial charge >= 0.3 is 11.9 Å². The molecule has 2 aliphatic heterocycles. The molecule has 4 aromatic rings. The summed E-state index contributed by atoms with van der Waals surface area (Å²) in [5, 5.41) is 28.6. The van der Waals surface area contributed by atoms with Crippen molar-refractivity contribution in [2.24, 2.45) is 0 Å². The molecule has 4 heterocycles. The summed E-state index contributed by atoms with van der Waals surface area (Å²) >= 11 is 0. The van der Waals surface area contributed by atoms with Crippen LogP contribution in [0.4, 0.5) is 0 Å². The van der Waals surface area contributed by atoms with Crippen LogP contribution in [0, 0.1) is 0 Å². The number of aromatic nitrogens is 4. The van der Waals surface area contributed by atoms with Crippen molar-refractivity contribution >= 4 is 33.7 Å². The molecule has 2 aromatic carbocycles. The van der Waals surface area contributed by atoms with E-state index in [1.807, 2.05) is 52.0 Å². The number of carbonyl (C=O) groups is 2. The first-order chi connectivity index (χ1) is 18.5. The minimum Gasteiger partial charge on any atom is -0.481 e. The highest BCUT2D eigenvalue weighted by Gasteiger charge is 2.19. The summed E-state index contributed by atoms with van der Waals surface area (Å²) in [6, 6.07) is 11.2. The summed E-state index contributed by atoms with van der Waals surface area (Å²) in [5.41, 5.74) is 3.34. The zero-order valence-electron chi connectivity index (χ0n) is 21.2. The molecule has 2 N–H and O–H groups in total. The lowest BCUT2D eigenvalue weighted by Crippen LogP contribution is -2.19. The van der Waals surface area contributed by atoms with Gasteiger partial charge in [0.2, 0.25) is 0 Å². The third kappa shape index (κ3) is 6.20. The molecule has 0 aliphatic carbocycles. The average molecular weight is 521 g/mol. The van der Waals surface area contributed by atoms with Gasteiger partial charge < -0.3 is 19.7 Å². The Balaban J connectivity index is 0.000000155. The molecule has 2 saturated heterocycles. The number of carboxylic acids is 2. The molecule has 2 aromatic heterocycles. The molecule has 0 spiro atoms. The second kappa shape index (κ2) is 11.7. The van der Waals surface area contributed by atoms with Crippen LogP contribution < -0.4 is 0 Å². The van der Waals surface area contributed by atoms with Gasteiger partial charge in [-0.15, -0.1) is 0 Å². The van der Waals surface area contributed by atoms with Gasteiger partial charge in [-0.05, 0) is 61.8 Å². The standard InChI is InChI=1S/2C14H16N2O3/c17-14(18)8-10-4-5-11-9-16(15-12(11)7-10)13-3-1-2-6-19-13;17-14(18)8-10-4-5-11-9-15-16(12(11)7-10)13-3-1-2-6-19-13/h2*4-5,7,9,13H,1-3,6,8H2,(H,17,18). The number of benzene rings is 2. The van der Waals surface area contributed by atoms with Gasteiger partial charge in [0.1, 0.15) is 6.23 Å². The van der Waals surface area contributed by atoms with Crippen LogP contribution >= 0.6 is 0 Å². The molecular formula is C28H32N4O6. The smallest absolute Gasteiger partial charge is 0.307 e. The Hall–Kier alpha value is -3.76.